The van der Waals surface area contributed by atoms with Crippen molar-refractivity contribution < 1.29 is 19.3 Å². The van der Waals surface area contributed by atoms with Crippen LogP contribution in [0.15, 0.2) is 36.4 Å². The fourth-order valence-corrected chi connectivity index (χ4v) is 3.96. The molecular weight excluding hydrogens is 364 g/mol. The molecule has 0 aromatic heterocycles. The predicted octanol–water partition coefficient (Wildman–Crippen LogP) is 5.36. The molecule has 4 heteroatoms. The molecule has 1 saturated carbocycles. The van der Waals surface area contributed by atoms with Crippen molar-refractivity contribution in [1.29, 1.82) is 0 Å². The van der Waals surface area contributed by atoms with Gasteiger partial charge in [-0.1, -0.05) is 38.1 Å². The second-order valence-electron chi connectivity index (χ2n) is 7.88. The van der Waals surface area contributed by atoms with Crippen LogP contribution in [0.5, 0.6) is 17.2 Å². The number of aryl methyl sites for hydroxylation is 1. The summed E-state index contributed by atoms with van der Waals surface area (Å²) in [4.78, 5) is 0. The van der Waals surface area contributed by atoms with Crippen LogP contribution in [0.4, 0.5) is 0 Å². The predicted molar refractivity (Wildman–Crippen MR) is 118 cm³/mol. The van der Waals surface area contributed by atoms with Gasteiger partial charge in [0.05, 0.1) is 20.3 Å². The molecule has 1 fully saturated rings. The highest BCUT2D eigenvalue weighted by atomic mass is 16.5. The maximum Gasteiger partial charge on any atom is 0.168 e. The Bertz CT molecular complexity index is 815. The summed E-state index contributed by atoms with van der Waals surface area (Å²) >= 11 is 0. The van der Waals surface area contributed by atoms with Gasteiger partial charge in [0.1, 0.15) is 11.9 Å². The third kappa shape index (κ3) is 5.54. The number of aliphatic hydroxyl groups is 1. The standard InChI is InChI=1S/C25H32O4/c1-5-18-14-20(9-6-19-7-10-22(27-3)11-8-19)25(24(15-18)28-4)29-23-13-17(2)12-21(26)16-23/h6-11,14-15,17,21,23,26H,5,12-13,16H2,1-4H3/b9-6+. The lowest BCUT2D eigenvalue weighted by molar-refractivity contribution is 0.0296. The molecular formula is C25H32O4. The van der Waals surface area contributed by atoms with Gasteiger partial charge in [-0.05, 0) is 60.6 Å². The van der Waals surface area contributed by atoms with Crippen molar-refractivity contribution in [3.05, 3.63) is 53.1 Å². The second kappa shape index (κ2) is 9.84. The van der Waals surface area contributed by atoms with E-state index in [1.165, 1.54) is 5.56 Å². The number of ether oxygens (including phenoxy) is 3. The largest absolute Gasteiger partial charge is 0.497 e. The number of aliphatic hydroxyl groups excluding tert-OH is 1. The summed E-state index contributed by atoms with van der Waals surface area (Å²) in [5, 5.41) is 10.2. The maximum absolute atomic E-state index is 10.2. The molecule has 2 aromatic carbocycles. The highest BCUT2D eigenvalue weighted by Gasteiger charge is 2.28. The van der Waals surface area contributed by atoms with Crippen LogP contribution in [0.1, 0.15) is 49.8 Å². The molecule has 4 nitrogen and oxygen atoms in total. The monoisotopic (exact) mass is 396 g/mol. The first-order valence-corrected chi connectivity index (χ1v) is 10.4. The summed E-state index contributed by atoms with van der Waals surface area (Å²) in [5.41, 5.74) is 3.27. The van der Waals surface area contributed by atoms with E-state index in [2.05, 4.69) is 32.1 Å². The van der Waals surface area contributed by atoms with Gasteiger partial charge in [0.25, 0.3) is 0 Å². The molecule has 0 amide bonds. The number of rotatable bonds is 7. The average Bonchev–Trinajstić information content (AvgIpc) is 2.72. The Morgan fingerprint density at radius 1 is 1.00 bits per heavy atom. The minimum atomic E-state index is -0.303. The van der Waals surface area contributed by atoms with Crippen LogP contribution in [0.3, 0.4) is 0 Å². The molecule has 1 N–H and O–H groups in total. The number of hydrogen-bond acceptors (Lipinski definition) is 4. The molecule has 29 heavy (non-hydrogen) atoms. The van der Waals surface area contributed by atoms with Crippen molar-refractivity contribution in [2.24, 2.45) is 5.92 Å². The van der Waals surface area contributed by atoms with Gasteiger partial charge >= 0.3 is 0 Å². The fourth-order valence-electron chi connectivity index (χ4n) is 3.96. The Labute approximate surface area is 174 Å². The fraction of sp³-hybridized carbons (Fsp3) is 0.440. The van der Waals surface area contributed by atoms with E-state index < -0.39 is 0 Å². The van der Waals surface area contributed by atoms with Crippen molar-refractivity contribution in [3.63, 3.8) is 0 Å². The molecule has 3 rings (SSSR count). The summed E-state index contributed by atoms with van der Waals surface area (Å²) in [6, 6.07) is 12.1. The lowest BCUT2D eigenvalue weighted by Gasteiger charge is -2.31. The quantitative estimate of drug-likeness (QED) is 0.640. The minimum absolute atomic E-state index is 0.0109. The van der Waals surface area contributed by atoms with Crippen LogP contribution in [0.2, 0.25) is 0 Å². The highest BCUT2D eigenvalue weighted by molar-refractivity contribution is 5.75. The van der Waals surface area contributed by atoms with Gasteiger partial charge in [0, 0.05) is 12.0 Å². The van der Waals surface area contributed by atoms with Crippen molar-refractivity contribution in [3.8, 4) is 17.2 Å². The Morgan fingerprint density at radius 3 is 2.38 bits per heavy atom. The van der Waals surface area contributed by atoms with Gasteiger partial charge in [0.2, 0.25) is 0 Å². The molecule has 3 atom stereocenters. The molecule has 0 aliphatic heterocycles. The van der Waals surface area contributed by atoms with Crippen LogP contribution in [0, 0.1) is 5.92 Å². The van der Waals surface area contributed by atoms with E-state index in [4.69, 9.17) is 14.2 Å². The average molecular weight is 397 g/mol. The van der Waals surface area contributed by atoms with Gasteiger partial charge in [0.15, 0.2) is 11.5 Å². The molecule has 1 aliphatic rings. The maximum atomic E-state index is 10.2. The van der Waals surface area contributed by atoms with Crippen LogP contribution >= 0.6 is 0 Å². The van der Waals surface area contributed by atoms with Crippen molar-refractivity contribution >= 4 is 12.2 Å². The molecule has 2 aromatic rings. The zero-order chi connectivity index (χ0) is 20.8. The van der Waals surface area contributed by atoms with Crippen LogP contribution in [0.25, 0.3) is 12.2 Å². The zero-order valence-corrected chi connectivity index (χ0v) is 17.9. The van der Waals surface area contributed by atoms with Crippen molar-refractivity contribution in [2.75, 3.05) is 14.2 Å². The zero-order valence-electron chi connectivity index (χ0n) is 17.9. The van der Waals surface area contributed by atoms with Gasteiger partial charge in [-0.3, -0.25) is 0 Å². The highest BCUT2D eigenvalue weighted by Crippen LogP contribution is 2.38. The van der Waals surface area contributed by atoms with Gasteiger partial charge in [-0.2, -0.15) is 0 Å². The first kappa shape index (κ1) is 21.3. The van der Waals surface area contributed by atoms with E-state index in [1.54, 1.807) is 14.2 Å². The van der Waals surface area contributed by atoms with E-state index in [9.17, 15) is 5.11 Å². The minimum Gasteiger partial charge on any atom is -0.497 e. The van der Waals surface area contributed by atoms with Gasteiger partial charge in [-0.15, -0.1) is 0 Å². The summed E-state index contributed by atoms with van der Waals surface area (Å²) in [7, 11) is 3.34. The van der Waals surface area contributed by atoms with E-state index in [1.807, 2.05) is 30.3 Å². The van der Waals surface area contributed by atoms with E-state index in [0.717, 1.165) is 47.6 Å². The third-order valence-corrected chi connectivity index (χ3v) is 5.50. The van der Waals surface area contributed by atoms with E-state index >= 15 is 0 Å². The molecule has 0 spiro atoms. The molecule has 1 aliphatic carbocycles. The third-order valence-electron chi connectivity index (χ3n) is 5.50. The number of methoxy groups -OCH3 is 2. The van der Waals surface area contributed by atoms with E-state index in [-0.39, 0.29) is 12.2 Å². The molecule has 3 unspecified atom stereocenters. The Kier molecular flexibility index (Phi) is 7.21. The first-order chi connectivity index (χ1) is 14.0. The normalized spacial score (nSPS) is 21.9. The SMILES string of the molecule is CCc1cc(/C=C/c2ccc(OC)cc2)c(OC2CC(C)CC(O)C2)c(OC)c1. The van der Waals surface area contributed by atoms with Crippen molar-refractivity contribution in [2.45, 2.75) is 51.7 Å². The second-order valence-corrected chi connectivity index (χ2v) is 7.88. The topological polar surface area (TPSA) is 47.9 Å². The summed E-state index contributed by atoms with van der Waals surface area (Å²) in [5.74, 6) is 2.78. The van der Waals surface area contributed by atoms with Crippen LogP contribution < -0.4 is 14.2 Å². The van der Waals surface area contributed by atoms with Crippen LogP contribution in [-0.4, -0.2) is 31.5 Å². The lowest BCUT2D eigenvalue weighted by atomic mass is 9.86. The first-order valence-electron chi connectivity index (χ1n) is 10.4. The summed E-state index contributed by atoms with van der Waals surface area (Å²) < 4.78 is 17.3. The van der Waals surface area contributed by atoms with Gasteiger partial charge in [-0.25, -0.2) is 0 Å². The van der Waals surface area contributed by atoms with E-state index in [0.29, 0.717) is 12.3 Å². The molecule has 156 valence electrons. The Hall–Kier alpha value is -2.46. The van der Waals surface area contributed by atoms with Crippen molar-refractivity contribution in [1.82, 2.24) is 0 Å². The molecule has 0 bridgehead atoms. The molecule has 0 saturated heterocycles. The summed E-state index contributed by atoms with van der Waals surface area (Å²) in [6.07, 6.45) is 7.18. The van der Waals surface area contributed by atoms with Crippen LogP contribution in [-0.2, 0) is 6.42 Å². The smallest absolute Gasteiger partial charge is 0.168 e. The Balaban J connectivity index is 1.91. The summed E-state index contributed by atoms with van der Waals surface area (Å²) in [6.45, 7) is 4.30. The molecule has 0 heterocycles. The number of hydrogen-bond donors (Lipinski definition) is 1. The van der Waals surface area contributed by atoms with Gasteiger partial charge < -0.3 is 19.3 Å². The molecule has 0 radical (unpaired) electrons. The number of benzene rings is 2. The Morgan fingerprint density at radius 2 is 1.76 bits per heavy atom. The lowest BCUT2D eigenvalue weighted by Crippen LogP contribution is -2.32.